The second-order valence-electron chi connectivity index (χ2n) is 5.64. The number of nitrogens with one attached hydrogen (secondary N) is 1. The minimum Gasteiger partial charge on any atom is -0.497 e. The second kappa shape index (κ2) is 9.33. The van der Waals surface area contributed by atoms with Crippen molar-refractivity contribution in [3.05, 3.63) is 60.2 Å². The summed E-state index contributed by atoms with van der Waals surface area (Å²) in [6.45, 7) is -0.309. The summed E-state index contributed by atoms with van der Waals surface area (Å²) < 4.78 is 31.8. The van der Waals surface area contributed by atoms with Crippen LogP contribution < -0.4 is 10.2 Å². The number of rotatable bonds is 9. The molecule has 7 nitrogen and oxygen atoms in total. The van der Waals surface area contributed by atoms with E-state index >= 15 is 0 Å². The lowest BCUT2D eigenvalue weighted by atomic mass is 10.1. The molecule has 140 valence electrons. The predicted molar refractivity (Wildman–Crippen MR) is 96.4 cm³/mol. The third-order valence-electron chi connectivity index (χ3n) is 3.86. The van der Waals surface area contributed by atoms with Gasteiger partial charge in [-0.1, -0.05) is 30.3 Å². The van der Waals surface area contributed by atoms with Crippen molar-refractivity contribution in [1.82, 2.24) is 9.79 Å². The lowest BCUT2D eigenvalue weighted by molar-refractivity contribution is -0.129. The zero-order valence-corrected chi connectivity index (χ0v) is 15.3. The first-order valence-electron chi connectivity index (χ1n) is 8.08. The van der Waals surface area contributed by atoms with Crippen LogP contribution in [0, 0.1) is 0 Å². The summed E-state index contributed by atoms with van der Waals surface area (Å²) in [6, 6.07) is 15.6. The van der Waals surface area contributed by atoms with E-state index in [1.807, 2.05) is 30.3 Å². The first kappa shape index (κ1) is 19.9. The number of hydrogen-bond acceptors (Lipinski definition) is 5. The van der Waals surface area contributed by atoms with Gasteiger partial charge in [0.2, 0.25) is 10.0 Å². The molecule has 0 fully saturated rings. The highest BCUT2D eigenvalue weighted by Crippen LogP contribution is 2.20. The smallest absolute Gasteiger partial charge is 0.258 e. The summed E-state index contributed by atoms with van der Waals surface area (Å²) in [5.41, 5.74) is 2.56. The molecule has 8 heteroatoms. The average molecular weight is 378 g/mol. The Kier molecular flexibility index (Phi) is 7.14. The highest BCUT2D eigenvalue weighted by atomic mass is 32.2. The summed E-state index contributed by atoms with van der Waals surface area (Å²) in [5, 5.41) is 8.75. The number of benzene rings is 2. The maximum Gasteiger partial charge on any atom is 0.258 e. The minimum absolute atomic E-state index is 0.0590. The largest absolute Gasteiger partial charge is 0.497 e. The molecule has 0 bridgehead atoms. The van der Waals surface area contributed by atoms with Gasteiger partial charge in [-0.2, -0.15) is 4.31 Å². The Morgan fingerprint density at radius 3 is 2.35 bits per heavy atom. The van der Waals surface area contributed by atoms with E-state index in [1.165, 1.54) is 24.7 Å². The van der Waals surface area contributed by atoms with Crippen LogP contribution in [-0.2, 0) is 21.2 Å². The van der Waals surface area contributed by atoms with Crippen molar-refractivity contribution in [2.24, 2.45) is 0 Å². The Hall–Kier alpha value is -2.42. The number of nitrogens with zero attached hydrogens (tertiary/aromatic N) is 1. The van der Waals surface area contributed by atoms with Crippen LogP contribution >= 0.6 is 0 Å². The van der Waals surface area contributed by atoms with Crippen LogP contribution in [0.4, 0.5) is 0 Å². The van der Waals surface area contributed by atoms with E-state index in [0.29, 0.717) is 18.6 Å². The van der Waals surface area contributed by atoms with Gasteiger partial charge in [-0.25, -0.2) is 13.9 Å². The molecular formula is C18H22N2O5S. The van der Waals surface area contributed by atoms with Gasteiger partial charge < -0.3 is 4.74 Å². The predicted octanol–water partition coefficient (Wildman–Crippen LogP) is 1.82. The Balaban J connectivity index is 2.14. The summed E-state index contributed by atoms with van der Waals surface area (Å²) >= 11 is 0. The van der Waals surface area contributed by atoms with E-state index in [-0.39, 0.29) is 11.4 Å². The highest BCUT2D eigenvalue weighted by Gasteiger charge is 2.26. The van der Waals surface area contributed by atoms with Crippen molar-refractivity contribution >= 4 is 15.9 Å². The average Bonchev–Trinajstić information content (AvgIpc) is 2.67. The standard InChI is InChI=1S/C18H22N2O5S/c1-25-16-9-11-17(12-10-16)26(23,24)20(14-18(21)19-22)13-5-8-15-6-3-2-4-7-15/h2-4,6-7,9-12,22H,5,8,13-14H2,1H3,(H,19,21). The molecule has 0 aliphatic heterocycles. The van der Waals surface area contributed by atoms with Gasteiger partial charge in [0, 0.05) is 6.54 Å². The van der Waals surface area contributed by atoms with E-state index in [2.05, 4.69) is 0 Å². The van der Waals surface area contributed by atoms with Gasteiger partial charge in [0.1, 0.15) is 5.75 Å². The van der Waals surface area contributed by atoms with Crippen LogP contribution in [0.2, 0.25) is 0 Å². The maximum atomic E-state index is 12.8. The molecule has 2 aromatic carbocycles. The minimum atomic E-state index is -3.88. The highest BCUT2D eigenvalue weighted by molar-refractivity contribution is 7.89. The van der Waals surface area contributed by atoms with E-state index < -0.39 is 22.5 Å². The molecule has 0 aromatic heterocycles. The molecule has 2 aromatic rings. The topological polar surface area (TPSA) is 95.9 Å². The summed E-state index contributed by atoms with van der Waals surface area (Å²) in [6.07, 6.45) is 1.22. The molecule has 0 aliphatic rings. The first-order chi connectivity index (χ1) is 12.5. The van der Waals surface area contributed by atoms with E-state index in [9.17, 15) is 13.2 Å². The first-order valence-corrected chi connectivity index (χ1v) is 9.52. The summed E-state index contributed by atoms with van der Waals surface area (Å²) in [4.78, 5) is 11.6. The number of carbonyl (C=O) groups is 1. The zero-order chi connectivity index (χ0) is 19.0. The molecular weight excluding hydrogens is 356 g/mol. The lowest BCUT2D eigenvalue weighted by Gasteiger charge is -2.21. The van der Waals surface area contributed by atoms with Crippen molar-refractivity contribution in [3.63, 3.8) is 0 Å². The van der Waals surface area contributed by atoms with Crippen LogP contribution in [-0.4, -0.2) is 44.0 Å². The molecule has 2 rings (SSSR count). The van der Waals surface area contributed by atoms with Crippen molar-refractivity contribution in [2.45, 2.75) is 17.7 Å². The third kappa shape index (κ3) is 5.29. The number of methoxy groups -OCH3 is 1. The molecule has 0 unspecified atom stereocenters. The zero-order valence-electron chi connectivity index (χ0n) is 14.5. The SMILES string of the molecule is COc1ccc(S(=O)(=O)N(CCCc2ccccc2)CC(=O)NO)cc1. The Bertz CT molecular complexity index is 807. The number of amides is 1. The van der Waals surface area contributed by atoms with Gasteiger partial charge in [-0.3, -0.25) is 10.0 Å². The number of ether oxygens (including phenoxy) is 1. The molecule has 0 spiro atoms. The molecule has 1 amide bonds. The van der Waals surface area contributed by atoms with Gasteiger partial charge in [0.15, 0.2) is 0 Å². The number of aryl methyl sites for hydroxylation is 1. The summed E-state index contributed by atoms with van der Waals surface area (Å²) in [5.74, 6) is -0.255. The molecule has 0 atom stereocenters. The van der Waals surface area contributed by atoms with E-state index in [0.717, 1.165) is 9.87 Å². The molecule has 2 N–H and O–H groups in total. The Morgan fingerprint density at radius 2 is 1.77 bits per heavy atom. The summed E-state index contributed by atoms with van der Waals surface area (Å²) in [7, 11) is -2.39. The fourth-order valence-corrected chi connectivity index (χ4v) is 3.92. The van der Waals surface area contributed by atoms with Crippen LogP contribution in [0.5, 0.6) is 5.75 Å². The monoisotopic (exact) mass is 378 g/mol. The number of sulfonamides is 1. The maximum absolute atomic E-state index is 12.8. The van der Waals surface area contributed by atoms with Gasteiger partial charge >= 0.3 is 0 Å². The van der Waals surface area contributed by atoms with Crippen molar-refractivity contribution in [3.8, 4) is 5.75 Å². The van der Waals surface area contributed by atoms with Gasteiger partial charge in [-0.15, -0.1) is 0 Å². The van der Waals surface area contributed by atoms with E-state index in [1.54, 1.807) is 12.1 Å². The molecule has 0 saturated heterocycles. The van der Waals surface area contributed by atoms with Crippen molar-refractivity contribution in [1.29, 1.82) is 0 Å². The van der Waals surface area contributed by atoms with Gasteiger partial charge in [0.25, 0.3) is 5.91 Å². The lowest BCUT2D eigenvalue weighted by Crippen LogP contribution is -2.40. The van der Waals surface area contributed by atoms with Crippen LogP contribution in [0.25, 0.3) is 0 Å². The molecule has 26 heavy (non-hydrogen) atoms. The number of hydroxylamine groups is 1. The van der Waals surface area contributed by atoms with Crippen molar-refractivity contribution in [2.75, 3.05) is 20.2 Å². The fourth-order valence-electron chi connectivity index (χ4n) is 2.48. The Labute approximate surface area is 153 Å². The second-order valence-corrected chi connectivity index (χ2v) is 7.58. The normalized spacial score (nSPS) is 11.3. The Morgan fingerprint density at radius 1 is 1.12 bits per heavy atom. The number of carbonyl (C=O) groups excluding carboxylic acids is 1. The fraction of sp³-hybridized carbons (Fsp3) is 0.278. The molecule has 0 heterocycles. The van der Waals surface area contributed by atoms with Crippen LogP contribution in [0.15, 0.2) is 59.5 Å². The molecule has 0 aliphatic carbocycles. The van der Waals surface area contributed by atoms with Crippen molar-refractivity contribution < 1.29 is 23.2 Å². The van der Waals surface area contributed by atoms with Gasteiger partial charge in [-0.05, 0) is 42.7 Å². The third-order valence-corrected chi connectivity index (χ3v) is 5.72. The molecule has 0 saturated carbocycles. The van der Waals surface area contributed by atoms with Crippen LogP contribution in [0.1, 0.15) is 12.0 Å². The molecule has 0 radical (unpaired) electrons. The van der Waals surface area contributed by atoms with Gasteiger partial charge in [0.05, 0.1) is 18.6 Å². The number of hydrogen-bond donors (Lipinski definition) is 2. The van der Waals surface area contributed by atoms with E-state index in [4.69, 9.17) is 9.94 Å². The van der Waals surface area contributed by atoms with Crippen LogP contribution in [0.3, 0.4) is 0 Å². The quantitative estimate of drug-likeness (QED) is 0.513.